The molecule has 160 valence electrons. The maximum atomic E-state index is 11.9. The second-order valence-electron chi connectivity index (χ2n) is 7.64. The molecule has 1 aliphatic heterocycles. The van der Waals surface area contributed by atoms with Crippen LogP contribution in [-0.4, -0.2) is 54.1 Å². The van der Waals surface area contributed by atoms with Crippen LogP contribution in [0, 0.1) is 13.8 Å². The van der Waals surface area contributed by atoms with Crippen LogP contribution in [0.25, 0.3) is 0 Å². The largest absolute Gasteiger partial charge is 0.368 e. The average molecular weight is 418 g/mol. The number of hydrogen-bond donors (Lipinski definition) is 2. The summed E-state index contributed by atoms with van der Waals surface area (Å²) in [5.74, 6) is 0.969. The summed E-state index contributed by atoms with van der Waals surface area (Å²) in [5.41, 5.74) is 5.21. The van der Waals surface area contributed by atoms with E-state index in [2.05, 4.69) is 67.4 Å². The summed E-state index contributed by atoms with van der Waals surface area (Å²) in [6.45, 7) is 7.78. The molecule has 2 aromatic carbocycles. The van der Waals surface area contributed by atoms with Crippen molar-refractivity contribution in [1.29, 1.82) is 0 Å². The molecule has 0 spiro atoms. The van der Waals surface area contributed by atoms with E-state index in [0.29, 0.717) is 17.5 Å². The smallest absolute Gasteiger partial charge is 0.251 e. The molecule has 3 aromatic rings. The second-order valence-corrected chi connectivity index (χ2v) is 7.64. The molecule has 4 rings (SSSR count). The molecule has 0 saturated carbocycles. The van der Waals surface area contributed by atoms with Crippen molar-refractivity contribution in [3.05, 3.63) is 65.5 Å². The third-order valence-corrected chi connectivity index (χ3v) is 5.59. The van der Waals surface area contributed by atoms with Crippen molar-refractivity contribution in [1.82, 2.24) is 20.3 Å². The fourth-order valence-corrected chi connectivity index (χ4v) is 3.60. The predicted molar refractivity (Wildman–Crippen MR) is 123 cm³/mol. The molecule has 1 fully saturated rings. The number of piperazine rings is 1. The maximum Gasteiger partial charge on any atom is 0.251 e. The first-order valence-corrected chi connectivity index (χ1v) is 10.4. The standard InChI is InChI=1S/C23H27N7O/c1-16-7-8-20(13-17(16)2)29-9-11-30(12-10-29)23-26-15-25-22(28-23)27-19-6-4-5-18(14-19)21(31)24-3/h4-8,13-15H,9-12H2,1-3H3,(H,24,31)(H,25,26,27,28). The van der Waals surface area contributed by atoms with Gasteiger partial charge in [-0.25, -0.2) is 9.97 Å². The van der Waals surface area contributed by atoms with Crippen LogP contribution in [-0.2, 0) is 0 Å². The van der Waals surface area contributed by atoms with Crippen molar-refractivity contribution in [2.24, 2.45) is 0 Å². The summed E-state index contributed by atoms with van der Waals surface area (Å²) < 4.78 is 0. The molecule has 0 unspecified atom stereocenters. The Morgan fingerprint density at radius 3 is 2.45 bits per heavy atom. The lowest BCUT2D eigenvalue weighted by Crippen LogP contribution is -2.47. The lowest BCUT2D eigenvalue weighted by atomic mass is 10.1. The number of nitrogens with one attached hydrogen (secondary N) is 2. The molecule has 1 amide bonds. The van der Waals surface area contributed by atoms with Gasteiger partial charge in [0.1, 0.15) is 6.33 Å². The Hall–Kier alpha value is -3.68. The van der Waals surface area contributed by atoms with E-state index in [4.69, 9.17) is 0 Å². The Bertz CT molecular complexity index is 1080. The van der Waals surface area contributed by atoms with Gasteiger partial charge in [0.2, 0.25) is 11.9 Å². The first-order valence-electron chi connectivity index (χ1n) is 10.4. The maximum absolute atomic E-state index is 11.9. The van der Waals surface area contributed by atoms with E-state index in [9.17, 15) is 4.79 Å². The molecule has 8 nitrogen and oxygen atoms in total. The Kier molecular flexibility index (Phi) is 5.97. The van der Waals surface area contributed by atoms with Gasteiger partial charge in [-0.05, 0) is 55.3 Å². The van der Waals surface area contributed by atoms with E-state index < -0.39 is 0 Å². The fourth-order valence-electron chi connectivity index (χ4n) is 3.60. The quantitative estimate of drug-likeness (QED) is 0.660. The minimum atomic E-state index is -0.137. The summed E-state index contributed by atoms with van der Waals surface area (Å²) >= 11 is 0. The lowest BCUT2D eigenvalue weighted by molar-refractivity contribution is 0.0963. The monoisotopic (exact) mass is 417 g/mol. The summed E-state index contributed by atoms with van der Waals surface area (Å²) in [4.78, 5) is 29.6. The van der Waals surface area contributed by atoms with E-state index in [1.54, 1.807) is 19.2 Å². The molecule has 0 bridgehead atoms. The average Bonchev–Trinajstić information content (AvgIpc) is 2.81. The van der Waals surface area contributed by atoms with Gasteiger partial charge < -0.3 is 20.4 Å². The third kappa shape index (κ3) is 4.74. The third-order valence-electron chi connectivity index (χ3n) is 5.59. The number of rotatable bonds is 5. The van der Waals surface area contributed by atoms with E-state index in [0.717, 1.165) is 31.9 Å². The van der Waals surface area contributed by atoms with Crippen LogP contribution in [0.3, 0.4) is 0 Å². The Labute approximate surface area is 182 Å². The molecule has 2 N–H and O–H groups in total. The van der Waals surface area contributed by atoms with Gasteiger partial charge in [-0.15, -0.1) is 0 Å². The van der Waals surface area contributed by atoms with Crippen LogP contribution in [0.4, 0.5) is 23.3 Å². The molecule has 0 radical (unpaired) electrons. The summed E-state index contributed by atoms with van der Waals surface area (Å²) in [5, 5.41) is 5.80. The van der Waals surface area contributed by atoms with Crippen LogP contribution >= 0.6 is 0 Å². The number of aromatic nitrogens is 3. The number of carbonyl (C=O) groups is 1. The first kappa shape index (κ1) is 20.6. The van der Waals surface area contributed by atoms with Crippen molar-refractivity contribution in [3.8, 4) is 0 Å². The summed E-state index contributed by atoms with van der Waals surface area (Å²) in [6.07, 6.45) is 1.52. The molecule has 2 heterocycles. The van der Waals surface area contributed by atoms with Crippen molar-refractivity contribution in [3.63, 3.8) is 0 Å². The van der Waals surface area contributed by atoms with Crippen LogP contribution in [0.1, 0.15) is 21.5 Å². The highest BCUT2D eigenvalue weighted by Gasteiger charge is 2.20. The number of nitrogens with zero attached hydrogens (tertiary/aromatic N) is 5. The molecular formula is C23H27N7O. The Morgan fingerprint density at radius 1 is 0.935 bits per heavy atom. The van der Waals surface area contributed by atoms with Crippen molar-refractivity contribution >= 4 is 29.2 Å². The summed E-state index contributed by atoms with van der Waals surface area (Å²) in [6, 6.07) is 13.8. The molecule has 1 aromatic heterocycles. The molecular weight excluding hydrogens is 390 g/mol. The zero-order valence-corrected chi connectivity index (χ0v) is 18.1. The molecule has 0 aliphatic carbocycles. The number of benzene rings is 2. The number of amides is 1. The van der Waals surface area contributed by atoms with Gasteiger partial charge in [-0.1, -0.05) is 12.1 Å². The Balaban J connectivity index is 1.42. The van der Waals surface area contributed by atoms with Crippen LogP contribution in [0.5, 0.6) is 0 Å². The van der Waals surface area contributed by atoms with Gasteiger partial charge in [0.05, 0.1) is 0 Å². The van der Waals surface area contributed by atoms with Gasteiger partial charge in [0, 0.05) is 50.2 Å². The lowest BCUT2D eigenvalue weighted by Gasteiger charge is -2.36. The topological polar surface area (TPSA) is 86.3 Å². The van der Waals surface area contributed by atoms with Gasteiger partial charge in [0.25, 0.3) is 5.91 Å². The normalized spacial score (nSPS) is 13.8. The van der Waals surface area contributed by atoms with Crippen molar-refractivity contribution in [2.45, 2.75) is 13.8 Å². The minimum Gasteiger partial charge on any atom is -0.368 e. The predicted octanol–water partition coefficient (Wildman–Crippen LogP) is 2.92. The molecule has 1 saturated heterocycles. The van der Waals surface area contributed by atoms with Crippen LogP contribution < -0.4 is 20.4 Å². The van der Waals surface area contributed by atoms with E-state index >= 15 is 0 Å². The second kappa shape index (κ2) is 8.99. The fraction of sp³-hybridized carbons (Fsp3) is 0.304. The van der Waals surface area contributed by atoms with Crippen LogP contribution in [0.15, 0.2) is 48.8 Å². The number of anilines is 4. The number of carbonyl (C=O) groups excluding carboxylic acids is 1. The molecule has 0 atom stereocenters. The Morgan fingerprint density at radius 2 is 1.71 bits per heavy atom. The highest BCUT2D eigenvalue weighted by molar-refractivity contribution is 5.95. The van der Waals surface area contributed by atoms with Gasteiger partial charge in [-0.2, -0.15) is 4.98 Å². The van der Waals surface area contributed by atoms with E-state index in [1.807, 2.05) is 12.1 Å². The number of hydrogen-bond acceptors (Lipinski definition) is 7. The molecule has 8 heteroatoms. The SMILES string of the molecule is CNC(=O)c1cccc(Nc2ncnc(N3CCN(c4ccc(C)c(C)c4)CC3)n2)c1. The highest BCUT2D eigenvalue weighted by atomic mass is 16.1. The number of aryl methyl sites for hydroxylation is 2. The molecule has 1 aliphatic rings. The van der Waals surface area contributed by atoms with Gasteiger partial charge in [-0.3, -0.25) is 4.79 Å². The van der Waals surface area contributed by atoms with Gasteiger partial charge in [0.15, 0.2) is 0 Å². The first-order chi connectivity index (χ1) is 15.0. The zero-order chi connectivity index (χ0) is 21.8. The van der Waals surface area contributed by atoms with E-state index in [-0.39, 0.29) is 5.91 Å². The van der Waals surface area contributed by atoms with Gasteiger partial charge >= 0.3 is 0 Å². The van der Waals surface area contributed by atoms with Crippen molar-refractivity contribution in [2.75, 3.05) is 48.3 Å². The zero-order valence-electron chi connectivity index (χ0n) is 18.1. The highest BCUT2D eigenvalue weighted by Crippen LogP contribution is 2.22. The van der Waals surface area contributed by atoms with E-state index in [1.165, 1.54) is 23.1 Å². The minimum absolute atomic E-state index is 0.137. The van der Waals surface area contributed by atoms with Crippen LogP contribution in [0.2, 0.25) is 0 Å². The molecule has 31 heavy (non-hydrogen) atoms. The summed E-state index contributed by atoms with van der Waals surface area (Å²) in [7, 11) is 1.61. The van der Waals surface area contributed by atoms with Crippen molar-refractivity contribution < 1.29 is 4.79 Å².